The summed E-state index contributed by atoms with van der Waals surface area (Å²) < 4.78 is 0. The summed E-state index contributed by atoms with van der Waals surface area (Å²) in [5.41, 5.74) is 0. The van der Waals surface area contributed by atoms with Gasteiger partial charge in [-0.05, 0) is 19.4 Å². The highest BCUT2D eigenvalue weighted by Crippen LogP contribution is 2.05. The van der Waals surface area contributed by atoms with Crippen molar-refractivity contribution >= 4 is 11.9 Å². The van der Waals surface area contributed by atoms with E-state index in [9.17, 15) is 9.59 Å². The maximum Gasteiger partial charge on any atom is 0.320 e. The van der Waals surface area contributed by atoms with Crippen LogP contribution < -0.4 is 5.32 Å². The first-order valence-electron chi connectivity index (χ1n) is 6.76. The van der Waals surface area contributed by atoms with Crippen LogP contribution in [0.25, 0.3) is 0 Å². The molecule has 0 aromatic carbocycles. The number of carboxylic acids is 2. The molecule has 3 N–H and O–H groups in total. The zero-order valence-corrected chi connectivity index (χ0v) is 11.2. The van der Waals surface area contributed by atoms with Crippen molar-refractivity contribution in [1.29, 1.82) is 0 Å². The summed E-state index contributed by atoms with van der Waals surface area (Å²) in [7, 11) is 0. The Kier molecular flexibility index (Phi) is 10.3. The molecule has 0 saturated carbocycles. The fourth-order valence-electron chi connectivity index (χ4n) is 1.76. The first kappa shape index (κ1) is 16.9. The second kappa shape index (κ2) is 11.0. The Morgan fingerprint density at radius 1 is 1.06 bits per heavy atom. The van der Waals surface area contributed by atoms with Gasteiger partial charge in [0, 0.05) is 6.42 Å². The Bertz CT molecular complexity index is 243. The number of aliphatic carboxylic acids is 2. The molecule has 0 heterocycles. The Hall–Kier alpha value is -1.10. The van der Waals surface area contributed by atoms with Gasteiger partial charge in [-0.2, -0.15) is 0 Å². The average molecular weight is 259 g/mol. The summed E-state index contributed by atoms with van der Waals surface area (Å²) in [6.07, 6.45) is 6.96. The first-order valence-corrected chi connectivity index (χ1v) is 6.76. The van der Waals surface area contributed by atoms with E-state index >= 15 is 0 Å². The second-order valence-electron chi connectivity index (χ2n) is 4.55. The lowest BCUT2D eigenvalue weighted by Crippen LogP contribution is -2.37. The predicted octanol–water partition coefficient (Wildman–Crippen LogP) is 2.25. The van der Waals surface area contributed by atoms with Gasteiger partial charge in [0.1, 0.15) is 6.04 Å². The molecule has 0 saturated heterocycles. The van der Waals surface area contributed by atoms with Crippen LogP contribution in [-0.4, -0.2) is 34.7 Å². The standard InChI is InChI=1S/C13H25NO4/c1-2-3-4-5-6-7-10-14-11(13(17)18)8-9-12(15)16/h11,14H,2-10H2,1H3,(H,15,16)(H,17,18). The van der Waals surface area contributed by atoms with Crippen molar-refractivity contribution in [3.05, 3.63) is 0 Å². The molecule has 0 aliphatic carbocycles. The van der Waals surface area contributed by atoms with Crippen LogP contribution in [0.2, 0.25) is 0 Å². The van der Waals surface area contributed by atoms with Crippen LogP contribution in [0, 0.1) is 0 Å². The van der Waals surface area contributed by atoms with Crippen molar-refractivity contribution in [3.8, 4) is 0 Å². The maximum atomic E-state index is 10.9. The number of hydrogen-bond donors (Lipinski definition) is 3. The quantitative estimate of drug-likeness (QED) is 0.468. The second-order valence-corrected chi connectivity index (χ2v) is 4.55. The third kappa shape index (κ3) is 10.1. The topological polar surface area (TPSA) is 86.6 Å². The third-order valence-electron chi connectivity index (χ3n) is 2.87. The van der Waals surface area contributed by atoms with E-state index in [1.807, 2.05) is 0 Å². The molecule has 5 heteroatoms. The molecule has 106 valence electrons. The fraction of sp³-hybridized carbons (Fsp3) is 0.846. The van der Waals surface area contributed by atoms with Crippen LogP contribution in [-0.2, 0) is 9.59 Å². The number of carboxylic acid groups (broad SMARTS) is 2. The predicted molar refractivity (Wildman–Crippen MR) is 69.7 cm³/mol. The van der Waals surface area contributed by atoms with E-state index in [0.717, 1.165) is 12.8 Å². The largest absolute Gasteiger partial charge is 0.481 e. The lowest BCUT2D eigenvalue weighted by atomic mass is 10.1. The highest BCUT2D eigenvalue weighted by molar-refractivity contribution is 5.75. The van der Waals surface area contributed by atoms with Gasteiger partial charge in [0.25, 0.3) is 0 Å². The molecular weight excluding hydrogens is 234 g/mol. The van der Waals surface area contributed by atoms with Gasteiger partial charge in [-0.15, -0.1) is 0 Å². The van der Waals surface area contributed by atoms with Gasteiger partial charge in [0.15, 0.2) is 0 Å². The molecule has 0 aromatic rings. The minimum absolute atomic E-state index is 0.111. The van der Waals surface area contributed by atoms with Crippen molar-refractivity contribution in [3.63, 3.8) is 0 Å². The Balaban J connectivity index is 3.58. The molecule has 0 bridgehead atoms. The molecule has 1 atom stereocenters. The minimum Gasteiger partial charge on any atom is -0.481 e. The molecule has 1 unspecified atom stereocenters. The van der Waals surface area contributed by atoms with Gasteiger partial charge < -0.3 is 15.5 Å². The molecular formula is C13H25NO4. The summed E-state index contributed by atoms with van der Waals surface area (Å²) in [6, 6.07) is -0.739. The van der Waals surface area contributed by atoms with Crippen LogP contribution in [0.1, 0.15) is 58.3 Å². The van der Waals surface area contributed by atoms with Crippen molar-refractivity contribution in [2.75, 3.05) is 6.54 Å². The molecule has 18 heavy (non-hydrogen) atoms. The van der Waals surface area contributed by atoms with E-state index in [4.69, 9.17) is 10.2 Å². The summed E-state index contributed by atoms with van der Waals surface area (Å²) >= 11 is 0. The van der Waals surface area contributed by atoms with Crippen LogP contribution in [0.15, 0.2) is 0 Å². The molecule has 0 rings (SSSR count). The average Bonchev–Trinajstić information content (AvgIpc) is 2.31. The van der Waals surface area contributed by atoms with E-state index < -0.39 is 18.0 Å². The van der Waals surface area contributed by atoms with Crippen LogP contribution in [0.5, 0.6) is 0 Å². The monoisotopic (exact) mass is 259 g/mol. The fourth-order valence-corrected chi connectivity index (χ4v) is 1.76. The van der Waals surface area contributed by atoms with E-state index in [1.54, 1.807) is 0 Å². The molecule has 0 aromatic heterocycles. The van der Waals surface area contributed by atoms with E-state index in [-0.39, 0.29) is 12.8 Å². The van der Waals surface area contributed by atoms with Gasteiger partial charge >= 0.3 is 11.9 Å². The van der Waals surface area contributed by atoms with Crippen LogP contribution in [0.3, 0.4) is 0 Å². The summed E-state index contributed by atoms with van der Waals surface area (Å²) in [6.45, 7) is 2.81. The normalized spacial score (nSPS) is 12.3. The Morgan fingerprint density at radius 2 is 1.67 bits per heavy atom. The Labute approximate surface area is 109 Å². The van der Waals surface area contributed by atoms with Gasteiger partial charge in [-0.25, -0.2) is 0 Å². The Morgan fingerprint density at radius 3 is 2.22 bits per heavy atom. The summed E-state index contributed by atoms with van der Waals surface area (Å²) in [5, 5.41) is 20.3. The van der Waals surface area contributed by atoms with Crippen molar-refractivity contribution in [2.24, 2.45) is 0 Å². The molecule has 0 aliphatic heterocycles. The lowest BCUT2D eigenvalue weighted by molar-refractivity contribution is -0.140. The van der Waals surface area contributed by atoms with Crippen LogP contribution in [0.4, 0.5) is 0 Å². The molecule has 0 aliphatic rings. The highest BCUT2D eigenvalue weighted by atomic mass is 16.4. The van der Waals surface area contributed by atoms with Crippen molar-refractivity contribution in [1.82, 2.24) is 5.32 Å². The van der Waals surface area contributed by atoms with E-state index in [2.05, 4.69) is 12.2 Å². The smallest absolute Gasteiger partial charge is 0.320 e. The molecule has 0 fully saturated rings. The zero-order chi connectivity index (χ0) is 13.8. The first-order chi connectivity index (χ1) is 8.57. The van der Waals surface area contributed by atoms with E-state index in [1.165, 1.54) is 25.7 Å². The molecule has 0 spiro atoms. The third-order valence-corrected chi connectivity index (χ3v) is 2.87. The number of carbonyl (C=O) groups is 2. The number of hydrogen-bond acceptors (Lipinski definition) is 3. The van der Waals surface area contributed by atoms with E-state index in [0.29, 0.717) is 6.54 Å². The van der Waals surface area contributed by atoms with Crippen LogP contribution >= 0.6 is 0 Å². The molecule has 0 radical (unpaired) electrons. The highest BCUT2D eigenvalue weighted by Gasteiger charge is 2.17. The van der Waals surface area contributed by atoms with Crippen molar-refractivity contribution < 1.29 is 19.8 Å². The number of unbranched alkanes of at least 4 members (excludes halogenated alkanes) is 5. The van der Waals surface area contributed by atoms with Gasteiger partial charge in [-0.3, -0.25) is 9.59 Å². The summed E-state index contributed by atoms with van der Waals surface area (Å²) in [4.78, 5) is 21.2. The zero-order valence-electron chi connectivity index (χ0n) is 11.2. The van der Waals surface area contributed by atoms with Crippen molar-refractivity contribution in [2.45, 2.75) is 64.3 Å². The number of rotatable bonds is 12. The molecule has 0 amide bonds. The molecule has 5 nitrogen and oxygen atoms in total. The number of nitrogens with one attached hydrogen (secondary N) is 1. The lowest BCUT2D eigenvalue weighted by Gasteiger charge is -2.13. The SMILES string of the molecule is CCCCCCCCNC(CCC(=O)O)C(=O)O. The summed E-state index contributed by atoms with van der Waals surface area (Å²) in [5.74, 6) is -1.93. The van der Waals surface area contributed by atoms with Gasteiger partial charge in [0.2, 0.25) is 0 Å². The van der Waals surface area contributed by atoms with Gasteiger partial charge in [0.05, 0.1) is 0 Å². The van der Waals surface area contributed by atoms with Gasteiger partial charge in [-0.1, -0.05) is 39.0 Å². The maximum absolute atomic E-state index is 10.9. The minimum atomic E-state index is -0.970.